The molecular formula is C19H23NO4. The number of aliphatic hydroxyl groups excluding tert-OH is 1. The van der Waals surface area contributed by atoms with Crippen LogP contribution in [-0.2, 0) is 13.2 Å². The van der Waals surface area contributed by atoms with Crippen LogP contribution >= 0.6 is 0 Å². The molecule has 2 atom stereocenters. The minimum atomic E-state index is -1.19. The van der Waals surface area contributed by atoms with Crippen molar-refractivity contribution in [2.45, 2.75) is 45.6 Å². The van der Waals surface area contributed by atoms with E-state index < -0.39 is 17.1 Å². The van der Waals surface area contributed by atoms with Crippen molar-refractivity contribution in [3.05, 3.63) is 64.1 Å². The highest BCUT2D eigenvalue weighted by Gasteiger charge is 2.70. The number of aliphatic hydroxyl groups is 2. The van der Waals surface area contributed by atoms with Gasteiger partial charge < -0.3 is 19.5 Å². The van der Waals surface area contributed by atoms with E-state index in [1.165, 1.54) is 6.07 Å². The molecule has 0 aliphatic heterocycles. The van der Waals surface area contributed by atoms with Crippen LogP contribution < -0.4 is 10.2 Å². The summed E-state index contributed by atoms with van der Waals surface area (Å²) >= 11 is 0. The zero-order valence-corrected chi connectivity index (χ0v) is 14.2. The molecule has 1 aromatic carbocycles. The molecule has 2 aromatic rings. The van der Waals surface area contributed by atoms with E-state index in [4.69, 9.17) is 4.74 Å². The van der Waals surface area contributed by atoms with Crippen LogP contribution in [0.4, 0.5) is 0 Å². The van der Waals surface area contributed by atoms with Gasteiger partial charge in [0.05, 0.1) is 18.3 Å². The second-order valence-electron chi connectivity index (χ2n) is 7.05. The minimum Gasteiger partial charge on any atom is -0.483 e. The third-order valence-corrected chi connectivity index (χ3v) is 5.19. The van der Waals surface area contributed by atoms with Gasteiger partial charge in [0.2, 0.25) is 5.43 Å². The lowest BCUT2D eigenvalue weighted by atomic mass is 10.1. The van der Waals surface area contributed by atoms with E-state index >= 15 is 0 Å². The van der Waals surface area contributed by atoms with Gasteiger partial charge in [-0.25, -0.2) is 0 Å². The van der Waals surface area contributed by atoms with Crippen molar-refractivity contribution >= 4 is 0 Å². The van der Waals surface area contributed by atoms with Gasteiger partial charge in [0.25, 0.3) is 0 Å². The van der Waals surface area contributed by atoms with E-state index in [1.54, 1.807) is 17.7 Å². The lowest BCUT2D eigenvalue weighted by Gasteiger charge is -2.19. The van der Waals surface area contributed by atoms with E-state index in [1.807, 2.05) is 44.2 Å². The van der Waals surface area contributed by atoms with E-state index in [0.717, 1.165) is 5.56 Å². The first-order valence-corrected chi connectivity index (χ1v) is 8.04. The van der Waals surface area contributed by atoms with Crippen LogP contribution in [0, 0.1) is 12.3 Å². The molecule has 0 radical (unpaired) electrons. The molecule has 2 unspecified atom stereocenters. The SMILES string of the molecule is Cc1c(OCc2ccccc2)c(=O)ccn1CC1(O)C(O)C1(C)C. The zero-order valence-electron chi connectivity index (χ0n) is 14.2. The molecule has 24 heavy (non-hydrogen) atoms. The Morgan fingerprint density at radius 3 is 2.42 bits per heavy atom. The highest BCUT2D eigenvalue weighted by Crippen LogP contribution is 2.56. The van der Waals surface area contributed by atoms with E-state index in [2.05, 4.69) is 0 Å². The number of ether oxygens (including phenoxy) is 1. The van der Waals surface area contributed by atoms with Gasteiger partial charge in [0, 0.05) is 17.7 Å². The molecule has 0 spiro atoms. The molecule has 1 fully saturated rings. The van der Waals surface area contributed by atoms with Crippen LogP contribution in [0.5, 0.6) is 5.75 Å². The van der Waals surface area contributed by atoms with Crippen LogP contribution in [0.2, 0.25) is 0 Å². The number of benzene rings is 1. The summed E-state index contributed by atoms with van der Waals surface area (Å²) in [4.78, 5) is 12.1. The summed E-state index contributed by atoms with van der Waals surface area (Å²) in [5, 5.41) is 20.6. The maximum atomic E-state index is 12.1. The predicted octanol–water partition coefficient (Wildman–Crippen LogP) is 1.87. The van der Waals surface area contributed by atoms with E-state index in [-0.39, 0.29) is 17.7 Å². The Labute approximate surface area is 141 Å². The molecule has 0 amide bonds. The Bertz CT molecular complexity index is 797. The summed E-state index contributed by atoms with van der Waals surface area (Å²) in [5.41, 5.74) is -0.329. The van der Waals surface area contributed by atoms with Gasteiger partial charge in [0.1, 0.15) is 12.2 Å². The number of aromatic nitrogens is 1. The number of pyridine rings is 1. The average Bonchev–Trinajstić information content (AvgIpc) is 2.94. The first-order valence-electron chi connectivity index (χ1n) is 8.04. The predicted molar refractivity (Wildman–Crippen MR) is 91.0 cm³/mol. The fourth-order valence-corrected chi connectivity index (χ4v) is 3.08. The van der Waals surface area contributed by atoms with Crippen molar-refractivity contribution in [1.29, 1.82) is 0 Å². The summed E-state index contributed by atoms with van der Waals surface area (Å²) in [7, 11) is 0. The average molecular weight is 329 g/mol. The van der Waals surface area contributed by atoms with E-state index in [9.17, 15) is 15.0 Å². The molecule has 1 aliphatic carbocycles. The van der Waals surface area contributed by atoms with Gasteiger partial charge in [-0.3, -0.25) is 4.79 Å². The summed E-state index contributed by atoms with van der Waals surface area (Å²) < 4.78 is 7.49. The first kappa shape index (κ1) is 16.7. The normalized spacial score (nSPS) is 24.6. The van der Waals surface area contributed by atoms with Crippen LogP contribution in [0.15, 0.2) is 47.4 Å². The highest BCUT2D eigenvalue weighted by atomic mass is 16.5. The maximum Gasteiger partial charge on any atom is 0.223 e. The van der Waals surface area contributed by atoms with Gasteiger partial charge >= 0.3 is 0 Å². The van der Waals surface area contributed by atoms with Crippen molar-refractivity contribution in [3.63, 3.8) is 0 Å². The monoisotopic (exact) mass is 329 g/mol. The molecule has 3 rings (SSSR count). The molecule has 5 nitrogen and oxygen atoms in total. The minimum absolute atomic E-state index is 0.192. The fraction of sp³-hybridized carbons (Fsp3) is 0.421. The van der Waals surface area contributed by atoms with Crippen LogP contribution in [0.25, 0.3) is 0 Å². The Hall–Kier alpha value is -2.11. The number of hydrogen-bond acceptors (Lipinski definition) is 4. The number of hydrogen-bond donors (Lipinski definition) is 2. The quantitative estimate of drug-likeness (QED) is 0.878. The lowest BCUT2D eigenvalue weighted by molar-refractivity contribution is 0.0594. The molecule has 128 valence electrons. The summed E-state index contributed by atoms with van der Waals surface area (Å²) in [6, 6.07) is 11.1. The highest BCUT2D eigenvalue weighted by molar-refractivity contribution is 5.29. The fourth-order valence-electron chi connectivity index (χ4n) is 3.08. The largest absolute Gasteiger partial charge is 0.483 e. The summed E-state index contributed by atoms with van der Waals surface area (Å²) in [5.74, 6) is 0.276. The van der Waals surface area contributed by atoms with Gasteiger partial charge in [0.15, 0.2) is 5.75 Å². The Morgan fingerprint density at radius 2 is 1.83 bits per heavy atom. The topological polar surface area (TPSA) is 71.7 Å². The second-order valence-corrected chi connectivity index (χ2v) is 7.05. The first-order chi connectivity index (χ1) is 11.3. The Morgan fingerprint density at radius 1 is 1.21 bits per heavy atom. The van der Waals surface area contributed by atoms with Crippen molar-refractivity contribution in [2.24, 2.45) is 5.41 Å². The molecule has 1 aromatic heterocycles. The molecular weight excluding hydrogens is 306 g/mol. The van der Waals surface area contributed by atoms with Crippen LogP contribution in [-0.4, -0.2) is 26.5 Å². The molecule has 1 heterocycles. The smallest absolute Gasteiger partial charge is 0.223 e. The van der Waals surface area contributed by atoms with Gasteiger partial charge in [-0.2, -0.15) is 0 Å². The Kier molecular flexibility index (Phi) is 4.01. The lowest BCUT2D eigenvalue weighted by Crippen LogP contribution is -2.27. The number of nitrogens with zero attached hydrogens (tertiary/aromatic N) is 1. The summed E-state index contributed by atoms with van der Waals surface area (Å²) in [6.45, 7) is 5.95. The van der Waals surface area contributed by atoms with Gasteiger partial charge in [-0.05, 0) is 12.5 Å². The van der Waals surface area contributed by atoms with Crippen molar-refractivity contribution in [3.8, 4) is 5.75 Å². The van der Waals surface area contributed by atoms with Gasteiger partial charge in [-0.1, -0.05) is 44.2 Å². The van der Waals surface area contributed by atoms with Crippen molar-refractivity contribution in [2.75, 3.05) is 0 Å². The second kappa shape index (κ2) is 5.76. The number of rotatable bonds is 5. The molecule has 0 bridgehead atoms. The van der Waals surface area contributed by atoms with Crippen molar-refractivity contribution in [1.82, 2.24) is 4.57 Å². The third-order valence-electron chi connectivity index (χ3n) is 5.19. The molecule has 5 heteroatoms. The zero-order chi connectivity index (χ0) is 17.5. The standard InChI is InChI=1S/C19H23NO4/c1-13-16(24-11-14-7-5-4-6-8-14)15(21)9-10-20(13)12-19(23)17(22)18(19,2)3/h4-10,17,22-23H,11-12H2,1-3H3. The van der Waals surface area contributed by atoms with E-state index in [0.29, 0.717) is 12.3 Å². The molecule has 0 saturated heterocycles. The molecule has 1 saturated carbocycles. The molecule has 2 N–H and O–H groups in total. The van der Waals surface area contributed by atoms with Crippen molar-refractivity contribution < 1.29 is 14.9 Å². The molecule has 1 aliphatic rings. The summed E-state index contributed by atoms with van der Waals surface area (Å²) in [6.07, 6.45) is 0.851. The van der Waals surface area contributed by atoms with Gasteiger partial charge in [-0.15, -0.1) is 0 Å². The third kappa shape index (κ3) is 2.64. The maximum absolute atomic E-state index is 12.1. The van der Waals surface area contributed by atoms with Crippen LogP contribution in [0.1, 0.15) is 25.1 Å². The Balaban J connectivity index is 1.82. The van der Waals surface area contributed by atoms with Crippen LogP contribution in [0.3, 0.4) is 0 Å².